The van der Waals surface area contributed by atoms with Gasteiger partial charge in [-0.1, -0.05) is 27.2 Å². The fourth-order valence-corrected chi connectivity index (χ4v) is 3.37. The minimum absolute atomic E-state index is 0.334. The van der Waals surface area contributed by atoms with Gasteiger partial charge in [0.15, 0.2) is 0 Å². The number of hydrogen-bond donors (Lipinski definition) is 1. The molecule has 0 radical (unpaired) electrons. The molecular formula is C16H29NO. The molecule has 2 heteroatoms. The molecule has 0 atom stereocenters. The molecule has 2 saturated carbocycles. The van der Waals surface area contributed by atoms with Gasteiger partial charge in [0.05, 0.1) is 0 Å². The van der Waals surface area contributed by atoms with Crippen molar-refractivity contribution in [2.45, 2.75) is 78.2 Å². The molecule has 0 aromatic carbocycles. The molecule has 18 heavy (non-hydrogen) atoms. The highest BCUT2D eigenvalue weighted by Gasteiger charge is 2.29. The molecular weight excluding hydrogens is 222 g/mol. The molecule has 1 amide bonds. The molecule has 2 fully saturated rings. The van der Waals surface area contributed by atoms with E-state index in [0.717, 1.165) is 18.8 Å². The number of rotatable bonds is 3. The average Bonchev–Trinajstić information content (AvgIpc) is 2.16. The summed E-state index contributed by atoms with van der Waals surface area (Å²) in [4.78, 5) is 11.9. The van der Waals surface area contributed by atoms with E-state index < -0.39 is 0 Å². The second-order valence-electron chi connectivity index (χ2n) is 7.62. The van der Waals surface area contributed by atoms with Crippen molar-refractivity contribution >= 4 is 5.91 Å². The summed E-state index contributed by atoms with van der Waals surface area (Å²) in [6.45, 7) is 6.99. The van der Waals surface area contributed by atoms with Crippen LogP contribution in [0.1, 0.15) is 72.1 Å². The van der Waals surface area contributed by atoms with E-state index in [1.165, 1.54) is 38.5 Å². The van der Waals surface area contributed by atoms with Crippen LogP contribution in [0.2, 0.25) is 0 Å². The van der Waals surface area contributed by atoms with Gasteiger partial charge in [0.1, 0.15) is 0 Å². The van der Waals surface area contributed by atoms with Gasteiger partial charge in [-0.15, -0.1) is 0 Å². The van der Waals surface area contributed by atoms with E-state index in [4.69, 9.17) is 0 Å². The topological polar surface area (TPSA) is 29.1 Å². The number of hydrogen-bond acceptors (Lipinski definition) is 1. The third kappa shape index (κ3) is 4.00. The van der Waals surface area contributed by atoms with E-state index in [1.54, 1.807) is 0 Å². The molecule has 0 aromatic rings. The van der Waals surface area contributed by atoms with Crippen molar-refractivity contribution in [1.29, 1.82) is 0 Å². The van der Waals surface area contributed by atoms with Crippen LogP contribution in [-0.4, -0.2) is 11.9 Å². The van der Waals surface area contributed by atoms with E-state index in [2.05, 4.69) is 26.1 Å². The molecule has 2 aliphatic rings. The van der Waals surface area contributed by atoms with Gasteiger partial charge >= 0.3 is 0 Å². The Balaban J connectivity index is 1.68. The van der Waals surface area contributed by atoms with Gasteiger partial charge in [-0.05, 0) is 56.3 Å². The monoisotopic (exact) mass is 251 g/mol. The maximum atomic E-state index is 11.9. The zero-order chi connectivity index (χ0) is 13.2. The van der Waals surface area contributed by atoms with Crippen molar-refractivity contribution in [3.8, 4) is 0 Å². The molecule has 2 nitrogen and oxygen atoms in total. The van der Waals surface area contributed by atoms with Gasteiger partial charge in [0.25, 0.3) is 0 Å². The van der Waals surface area contributed by atoms with Crippen LogP contribution in [-0.2, 0) is 4.79 Å². The van der Waals surface area contributed by atoms with Crippen LogP contribution in [0.5, 0.6) is 0 Å². The summed E-state index contributed by atoms with van der Waals surface area (Å²) in [5.74, 6) is 1.56. The first kappa shape index (κ1) is 13.9. The third-order valence-electron chi connectivity index (χ3n) is 4.57. The van der Waals surface area contributed by atoms with Gasteiger partial charge in [0.2, 0.25) is 5.91 Å². The molecule has 0 aromatic heterocycles. The SMILES string of the molecule is CC(C)(C)CC1CCC(NC(=O)C2CCC2)CC1. The first-order chi connectivity index (χ1) is 8.44. The second kappa shape index (κ2) is 5.63. The van der Waals surface area contributed by atoms with Gasteiger partial charge in [-0.25, -0.2) is 0 Å². The molecule has 0 unspecified atom stereocenters. The lowest BCUT2D eigenvalue weighted by atomic mass is 9.76. The van der Waals surface area contributed by atoms with E-state index in [-0.39, 0.29) is 0 Å². The van der Waals surface area contributed by atoms with Crippen molar-refractivity contribution in [2.24, 2.45) is 17.3 Å². The van der Waals surface area contributed by atoms with Crippen LogP contribution in [0.15, 0.2) is 0 Å². The standard InChI is InChI=1S/C16H29NO/c1-16(2,3)11-12-7-9-14(10-8-12)17-15(18)13-5-4-6-13/h12-14H,4-11H2,1-3H3,(H,17,18). The van der Waals surface area contributed by atoms with Gasteiger partial charge < -0.3 is 5.32 Å². The van der Waals surface area contributed by atoms with Crippen molar-refractivity contribution in [1.82, 2.24) is 5.32 Å². The van der Waals surface area contributed by atoms with Crippen LogP contribution in [0, 0.1) is 17.3 Å². The highest BCUT2D eigenvalue weighted by atomic mass is 16.2. The zero-order valence-corrected chi connectivity index (χ0v) is 12.3. The first-order valence-corrected chi connectivity index (χ1v) is 7.74. The van der Waals surface area contributed by atoms with Crippen molar-refractivity contribution in [2.75, 3.05) is 0 Å². The second-order valence-corrected chi connectivity index (χ2v) is 7.62. The minimum atomic E-state index is 0.334. The Kier molecular flexibility index (Phi) is 4.34. The van der Waals surface area contributed by atoms with Gasteiger partial charge in [-0.2, -0.15) is 0 Å². The normalized spacial score (nSPS) is 29.7. The fraction of sp³-hybridized carbons (Fsp3) is 0.938. The highest BCUT2D eigenvalue weighted by Crippen LogP contribution is 2.34. The third-order valence-corrected chi connectivity index (χ3v) is 4.57. The molecule has 0 heterocycles. The Morgan fingerprint density at radius 3 is 2.11 bits per heavy atom. The fourth-order valence-electron chi connectivity index (χ4n) is 3.37. The van der Waals surface area contributed by atoms with Crippen LogP contribution in [0.3, 0.4) is 0 Å². The summed E-state index contributed by atoms with van der Waals surface area (Å²) in [7, 11) is 0. The van der Waals surface area contributed by atoms with Crippen LogP contribution in [0.4, 0.5) is 0 Å². The van der Waals surface area contributed by atoms with Crippen molar-refractivity contribution in [3.63, 3.8) is 0 Å². The van der Waals surface area contributed by atoms with Crippen LogP contribution in [0.25, 0.3) is 0 Å². The molecule has 1 N–H and O–H groups in total. The Labute approximate surface area is 112 Å². The molecule has 0 aliphatic heterocycles. The first-order valence-electron chi connectivity index (χ1n) is 7.74. The Morgan fingerprint density at radius 2 is 1.67 bits per heavy atom. The van der Waals surface area contributed by atoms with E-state index >= 15 is 0 Å². The van der Waals surface area contributed by atoms with Crippen LogP contribution < -0.4 is 5.32 Å². The molecule has 0 saturated heterocycles. The Morgan fingerprint density at radius 1 is 1.06 bits per heavy atom. The smallest absolute Gasteiger partial charge is 0.223 e. The van der Waals surface area contributed by atoms with Gasteiger partial charge in [-0.3, -0.25) is 4.79 Å². The Hall–Kier alpha value is -0.530. The van der Waals surface area contributed by atoms with E-state index in [9.17, 15) is 4.79 Å². The lowest BCUT2D eigenvalue weighted by molar-refractivity contribution is -0.128. The zero-order valence-electron chi connectivity index (χ0n) is 12.3. The summed E-state index contributed by atoms with van der Waals surface area (Å²) >= 11 is 0. The summed E-state index contributed by atoms with van der Waals surface area (Å²) in [5, 5.41) is 3.27. The molecule has 104 valence electrons. The van der Waals surface area contributed by atoms with Crippen LogP contribution >= 0.6 is 0 Å². The summed E-state index contributed by atoms with van der Waals surface area (Å²) in [6, 6.07) is 0.467. The quantitative estimate of drug-likeness (QED) is 0.810. The predicted octanol–water partition coefficient (Wildman–Crippen LogP) is 3.90. The lowest BCUT2D eigenvalue weighted by Crippen LogP contribution is -2.42. The largest absolute Gasteiger partial charge is 0.353 e. The number of carbonyl (C=O) groups excluding carboxylic acids is 1. The lowest BCUT2D eigenvalue weighted by Gasteiger charge is -2.34. The van der Waals surface area contributed by atoms with Gasteiger partial charge in [0, 0.05) is 12.0 Å². The predicted molar refractivity (Wildman–Crippen MR) is 75.3 cm³/mol. The minimum Gasteiger partial charge on any atom is -0.353 e. The highest BCUT2D eigenvalue weighted by molar-refractivity contribution is 5.79. The van der Waals surface area contributed by atoms with Crippen molar-refractivity contribution < 1.29 is 4.79 Å². The number of nitrogens with one attached hydrogen (secondary N) is 1. The number of carbonyl (C=O) groups is 1. The summed E-state index contributed by atoms with van der Waals surface area (Å²) in [5.41, 5.74) is 0.451. The van der Waals surface area contributed by atoms with E-state index in [1.807, 2.05) is 0 Å². The maximum Gasteiger partial charge on any atom is 0.223 e. The molecule has 0 bridgehead atoms. The average molecular weight is 251 g/mol. The molecule has 2 aliphatic carbocycles. The summed E-state index contributed by atoms with van der Waals surface area (Å²) < 4.78 is 0. The molecule has 2 rings (SSSR count). The van der Waals surface area contributed by atoms with Crippen molar-refractivity contribution in [3.05, 3.63) is 0 Å². The maximum absolute atomic E-state index is 11.9. The molecule has 0 spiro atoms. The van der Waals surface area contributed by atoms with E-state index in [0.29, 0.717) is 23.3 Å². The number of amides is 1. The summed E-state index contributed by atoms with van der Waals surface area (Å²) in [6.07, 6.45) is 9.79. The Bertz CT molecular complexity index is 280.